The van der Waals surface area contributed by atoms with Gasteiger partial charge in [0.15, 0.2) is 0 Å². The third kappa shape index (κ3) is 6.60. The fourth-order valence-electron chi connectivity index (χ4n) is 4.27. The molecule has 4 rings (SSSR count). The van der Waals surface area contributed by atoms with Gasteiger partial charge in [0.2, 0.25) is 0 Å². The largest absolute Gasteiger partial charge is 0.497 e. The molecule has 0 spiro atoms. The molecule has 1 heterocycles. The van der Waals surface area contributed by atoms with Crippen LogP contribution in [0.5, 0.6) is 5.75 Å². The highest BCUT2D eigenvalue weighted by molar-refractivity contribution is 6.32. The van der Waals surface area contributed by atoms with Crippen molar-refractivity contribution in [2.45, 2.75) is 19.8 Å². The minimum Gasteiger partial charge on any atom is -0.497 e. The van der Waals surface area contributed by atoms with E-state index in [9.17, 15) is 4.79 Å². The van der Waals surface area contributed by atoms with Crippen LogP contribution in [0.3, 0.4) is 0 Å². The number of methoxy groups -OCH3 is 1. The number of rotatable bonds is 10. The maximum Gasteiger partial charge on any atom is 0.282 e. The number of nitrogens with zero attached hydrogens (tertiary/aromatic N) is 5. The topological polar surface area (TPSA) is 92.7 Å². The molecular weight excluding hydrogens is 486 g/mol. The molecule has 0 unspecified atom stereocenters. The molecule has 0 bridgehead atoms. The fourth-order valence-corrected chi connectivity index (χ4v) is 4.27. The number of carbonyl (C=O) groups excluding carboxylic acids is 1. The molecule has 194 valence electrons. The van der Waals surface area contributed by atoms with Gasteiger partial charge in [-0.3, -0.25) is 9.69 Å². The smallest absolute Gasteiger partial charge is 0.282 e. The zero-order valence-corrected chi connectivity index (χ0v) is 22.0. The summed E-state index contributed by atoms with van der Waals surface area (Å²) in [5.41, 5.74) is 4.80. The summed E-state index contributed by atoms with van der Waals surface area (Å²) in [6.07, 6.45) is 6.33. The number of amidine groups is 1. The van der Waals surface area contributed by atoms with Crippen LogP contribution in [-0.4, -0.2) is 31.9 Å². The van der Waals surface area contributed by atoms with Gasteiger partial charge >= 0.3 is 0 Å². The van der Waals surface area contributed by atoms with E-state index in [-0.39, 0.29) is 5.91 Å². The quantitative estimate of drug-likeness (QED) is 0.303. The Labute approximate surface area is 229 Å². The van der Waals surface area contributed by atoms with Crippen molar-refractivity contribution < 1.29 is 9.53 Å². The number of amides is 1. The first-order valence-electron chi connectivity index (χ1n) is 12.7. The second-order valence-corrected chi connectivity index (χ2v) is 8.93. The number of benzene rings is 3. The van der Waals surface area contributed by atoms with E-state index in [4.69, 9.17) is 20.3 Å². The van der Waals surface area contributed by atoms with Gasteiger partial charge in [0.25, 0.3) is 5.91 Å². The summed E-state index contributed by atoms with van der Waals surface area (Å²) in [6, 6.07) is 27.4. The van der Waals surface area contributed by atoms with Gasteiger partial charge in [-0.25, -0.2) is 4.99 Å². The monoisotopic (exact) mass is 515 g/mol. The van der Waals surface area contributed by atoms with E-state index in [0.29, 0.717) is 48.9 Å². The number of aryl methyl sites for hydroxylation is 1. The predicted octanol–water partition coefficient (Wildman–Crippen LogP) is 6.14. The molecule has 1 amide bonds. The highest BCUT2D eigenvalue weighted by Gasteiger charge is 2.30. The second kappa shape index (κ2) is 12.9. The Morgan fingerprint density at radius 1 is 0.949 bits per heavy atom. The van der Waals surface area contributed by atoms with Crippen LogP contribution in [0.25, 0.3) is 12.2 Å². The van der Waals surface area contributed by atoms with Gasteiger partial charge in [-0.15, -0.1) is 0 Å². The molecule has 0 aromatic heterocycles. The van der Waals surface area contributed by atoms with Crippen molar-refractivity contribution in [1.29, 1.82) is 10.5 Å². The fraction of sp³-hybridized carbons (Fsp3) is 0.188. The molecule has 0 fully saturated rings. The van der Waals surface area contributed by atoms with Gasteiger partial charge < -0.3 is 9.64 Å². The first-order valence-corrected chi connectivity index (χ1v) is 12.7. The standard InChI is InChI=1S/C32H29N5O2/c1-24-22-28(36(20-6-18-33)21-7-19-34)12-11-26(24)23-30-32(38)37(27-13-15-29(39-2)16-14-27)31(35-30)17-10-25-8-4-3-5-9-25/h3-5,8-17,22-23H,6-7,20-21H2,1-2H3/b17-10-,30-23-. The maximum absolute atomic E-state index is 13.6. The molecule has 1 aliphatic rings. The summed E-state index contributed by atoms with van der Waals surface area (Å²) in [6.45, 7) is 3.08. The van der Waals surface area contributed by atoms with Crippen LogP contribution in [0.4, 0.5) is 11.4 Å². The first-order chi connectivity index (χ1) is 19.0. The van der Waals surface area contributed by atoms with Gasteiger partial charge in [-0.05, 0) is 72.2 Å². The molecule has 3 aromatic carbocycles. The average molecular weight is 516 g/mol. The minimum absolute atomic E-state index is 0.221. The summed E-state index contributed by atoms with van der Waals surface area (Å²) < 4.78 is 5.28. The van der Waals surface area contributed by atoms with E-state index < -0.39 is 0 Å². The molecule has 39 heavy (non-hydrogen) atoms. The summed E-state index contributed by atoms with van der Waals surface area (Å²) in [5.74, 6) is 1.00. The van der Waals surface area contributed by atoms with Crippen LogP contribution in [0.2, 0.25) is 0 Å². The molecule has 1 aliphatic heterocycles. The van der Waals surface area contributed by atoms with E-state index in [1.807, 2.05) is 96.8 Å². The summed E-state index contributed by atoms with van der Waals surface area (Å²) in [7, 11) is 1.60. The van der Waals surface area contributed by atoms with Crippen molar-refractivity contribution in [1.82, 2.24) is 0 Å². The van der Waals surface area contributed by atoms with Crippen LogP contribution in [-0.2, 0) is 4.79 Å². The molecule has 0 saturated heterocycles. The van der Waals surface area contributed by atoms with Crippen LogP contribution >= 0.6 is 0 Å². The Kier molecular flexibility index (Phi) is 8.90. The van der Waals surface area contributed by atoms with Gasteiger partial charge in [-0.1, -0.05) is 42.5 Å². The SMILES string of the molecule is COc1ccc(N2C(=O)/C(=C/c3ccc(N(CCC#N)CCC#N)cc3C)N=C2/C=C\c2ccccc2)cc1. The van der Waals surface area contributed by atoms with Crippen LogP contribution in [0.1, 0.15) is 29.5 Å². The minimum atomic E-state index is -0.221. The molecule has 0 saturated carbocycles. The number of ether oxygens (including phenoxy) is 1. The Morgan fingerprint density at radius 2 is 1.64 bits per heavy atom. The second-order valence-electron chi connectivity index (χ2n) is 8.93. The number of anilines is 2. The summed E-state index contributed by atoms with van der Waals surface area (Å²) in [5, 5.41) is 18.0. The lowest BCUT2D eigenvalue weighted by Crippen LogP contribution is -2.30. The predicted molar refractivity (Wildman–Crippen MR) is 155 cm³/mol. The van der Waals surface area contributed by atoms with Gasteiger partial charge in [0.1, 0.15) is 17.3 Å². The highest BCUT2D eigenvalue weighted by atomic mass is 16.5. The van der Waals surface area contributed by atoms with Crippen LogP contribution in [0, 0.1) is 29.6 Å². The molecular formula is C32H29N5O2. The number of carbonyl (C=O) groups is 1. The Hall–Kier alpha value is -5.14. The van der Waals surface area contributed by atoms with Gasteiger partial charge in [0, 0.05) is 18.8 Å². The third-order valence-electron chi connectivity index (χ3n) is 6.34. The average Bonchev–Trinajstić information content (AvgIpc) is 3.28. The van der Waals surface area contributed by atoms with E-state index in [1.165, 1.54) is 0 Å². The maximum atomic E-state index is 13.6. The van der Waals surface area contributed by atoms with Crippen molar-refractivity contribution in [3.8, 4) is 17.9 Å². The molecule has 0 N–H and O–H groups in total. The molecule has 0 radical (unpaired) electrons. The lowest BCUT2D eigenvalue weighted by Gasteiger charge is -2.23. The Morgan fingerprint density at radius 3 is 2.26 bits per heavy atom. The molecule has 7 nitrogen and oxygen atoms in total. The summed E-state index contributed by atoms with van der Waals surface area (Å²) >= 11 is 0. The van der Waals surface area contributed by atoms with Gasteiger partial charge in [-0.2, -0.15) is 10.5 Å². The molecule has 7 heteroatoms. The molecule has 0 atom stereocenters. The van der Waals surface area contributed by atoms with E-state index in [2.05, 4.69) is 12.1 Å². The number of nitriles is 2. The molecule has 3 aromatic rings. The van der Waals surface area contributed by atoms with Gasteiger partial charge in [0.05, 0.1) is 37.8 Å². The zero-order chi connectivity index (χ0) is 27.6. The number of hydrogen-bond acceptors (Lipinski definition) is 6. The van der Waals surface area contributed by atoms with E-state index in [1.54, 1.807) is 18.1 Å². The van der Waals surface area contributed by atoms with Crippen LogP contribution in [0.15, 0.2) is 89.6 Å². The lowest BCUT2D eigenvalue weighted by molar-refractivity contribution is -0.113. The van der Waals surface area contributed by atoms with Crippen LogP contribution < -0.4 is 14.5 Å². The number of hydrogen-bond donors (Lipinski definition) is 0. The Bertz CT molecular complexity index is 1470. The number of aliphatic imine (C=N–C) groups is 1. The van der Waals surface area contributed by atoms with Crippen molar-refractivity contribution in [3.05, 3.63) is 101 Å². The first kappa shape index (κ1) is 26.9. The highest BCUT2D eigenvalue weighted by Crippen LogP contribution is 2.29. The van der Waals surface area contributed by atoms with Crippen molar-refractivity contribution in [2.75, 3.05) is 30.0 Å². The van der Waals surface area contributed by atoms with E-state index in [0.717, 1.165) is 22.4 Å². The Balaban J connectivity index is 1.67. The third-order valence-corrected chi connectivity index (χ3v) is 6.34. The van der Waals surface area contributed by atoms with Crippen molar-refractivity contribution >= 4 is 35.3 Å². The van der Waals surface area contributed by atoms with Crippen molar-refractivity contribution in [3.63, 3.8) is 0 Å². The normalized spacial score (nSPS) is 13.8. The van der Waals surface area contributed by atoms with E-state index >= 15 is 0 Å². The summed E-state index contributed by atoms with van der Waals surface area (Å²) in [4.78, 5) is 22.0. The zero-order valence-electron chi connectivity index (χ0n) is 22.0. The van der Waals surface area contributed by atoms with Crippen molar-refractivity contribution in [2.24, 2.45) is 4.99 Å². The molecule has 0 aliphatic carbocycles. The lowest BCUT2D eigenvalue weighted by atomic mass is 10.1.